The highest BCUT2D eigenvalue weighted by atomic mass is 19.1. The SMILES string of the molecule is CN1CC(F)C(N)C(C)(C)C1. The molecule has 0 aromatic rings. The molecule has 2 unspecified atom stereocenters. The van der Waals surface area contributed by atoms with E-state index in [9.17, 15) is 4.39 Å². The molecular weight excluding hydrogens is 143 g/mol. The molecule has 11 heavy (non-hydrogen) atoms. The first kappa shape index (κ1) is 8.94. The Hall–Kier alpha value is -0.150. The summed E-state index contributed by atoms with van der Waals surface area (Å²) in [4.78, 5) is 1.99. The molecule has 0 bridgehead atoms. The summed E-state index contributed by atoms with van der Waals surface area (Å²) in [5, 5.41) is 0. The minimum Gasteiger partial charge on any atom is -0.325 e. The quantitative estimate of drug-likeness (QED) is 0.563. The maximum atomic E-state index is 13.2. The molecule has 0 aliphatic carbocycles. The molecule has 0 radical (unpaired) electrons. The molecule has 1 fully saturated rings. The molecule has 0 aromatic carbocycles. The Morgan fingerprint density at radius 3 is 2.55 bits per heavy atom. The number of rotatable bonds is 0. The topological polar surface area (TPSA) is 29.3 Å². The summed E-state index contributed by atoms with van der Waals surface area (Å²) in [5.74, 6) is 0. The molecule has 0 aromatic heterocycles. The van der Waals surface area contributed by atoms with E-state index in [2.05, 4.69) is 0 Å². The monoisotopic (exact) mass is 160 g/mol. The van der Waals surface area contributed by atoms with Crippen molar-refractivity contribution in [2.45, 2.75) is 26.1 Å². The number of alkyl halides is 1. The van der Waals surface area contributed by atoms with Gasteiger partial charge >= 0.3 is 0 Å². The van der Waals surface area contributed by atoms with E-state index in [-0.39, 0.29) is 11.5 Å². The lowest BCUT2D eigenvalue weighted by Crippen LogP contribution is -2.58. The second-order valence-electron chi connectivity index (χ2n) is 4.23. The van der Waals surface area contributed by atoms with Crippen LogP contribution < -0.4 is 5.73 Å². The Kier molecular flexibility index (Phi) is 2.21. The summed E-state index contributed by atoms with van der Waals surface area (Å²) in [5.41, 5.74) is 5.63. The number of hydrogen-bond donors (Lipinski definition) is 1. The Morgan fingerprint density at radius 2 is 2.09 bits per heavy atom. The molecule has 0 spiro atoms. The lowest BCUT2D eigenvalue weighted by atomic mass is 9.79. The summed E-state index contributed by atoms with van der Waals surface area (Å²) in [6.45, 7) is 5.39. The highest BCUT2D eigenvalue weighted by Gasteiger charge is 2.38. The van der Waals surface area contributed by atoms with E-state index < -0.39 is 6.17 Å². The molecule has 0 amide bonds. The van der Waals surface area contributed by atoms with Crippen LogP contribution in [-0.2, 0) is 0 Å². The molecule has 1 aliphatic rings. The number of likely N-dealkylation sites (tertiary alicyclic amines) is 1. The molecule has 1 rings (SSSR count). The van der Waals surface area contributed by atoms with Crippen LogP contribution in [0.5, 0.6) is 0 Å². The Morgan fingerprint density at radius 1 is 1.55 bits per heavy atom. The van der Waals surface area contributed by atoms with Crippen molar-refractivity contribution in [2.75, 3.05) is 20.1 Å². The van der Waals surface area contributed by atoms with Crippen molar-refractivity contribution >= 4 is 0 Å². The molecule has 66 valence electrons. The van der Waals surface area contributed by atoms with E-state index in [1.807, 2.05) is 25.8 Å². The fourth-order valence-corrected chi connectivity index (χ4v) is 1.77. The summed E-state index contributed by atoms with van der Waals surface area (Å²) in [6.07, 6.45) is -0.872. The van der Waals surface area contributed by atoms with Gasteiger partial charge in [-0.1, -0.05) is 13.8 Å². The minimum atomic E-state index is -0.872. The lowest BCUT2D eigenvalue weighted by molar-refractivity contribution is 0.0442. The minimum absolute atomic E-state index is 0.0909. The molecular formula is C8H17FN2. The zero-order valence-corrected chi connectivity index (χ0v) is 7.47. The third-order valence-electron chi connectivity index (χ3n) is 2.46. The lowest BCUT2D eigenvalue weighted by Gasteiger charge is -2.42. The van der Waals surface area contributed by atoms with Crippen molar-refractivity contribution < 1.29 is 4.39 Å². The second-order valence-corrected chi connectivity index (χ2v) is 4.23. The van der Waals surface area contributed by atoms with E-state index >= 15 is 0 Å². The van der Waals surface area contributed by atoms with Gasteiger partial charge in [0.15, 0.2) is 0 Å². The van der Waals surface area contributed by atoms with Crippen molar-refractivity contribution in [3.05, 3.63) is 0 Å². The van der Waals surface area contributed by atoms with Crippen molar-refractivity contribution in [1.29, 1.82) is 0 Å². The standard InChI is InChI=1S/C8H17FN2/c1-8(2)5-11(3)4-6(9)7(8)10/h6-7H,4-5,10H2,1-3H3. The van der Waals surface area contributed by atoms with Gasteiger partial charge in [0, 0.05) is 19.1 Å². The number of halogens is 1. The van der Waals surface area contributed by atoms with Crippen LogP contribution >= 0.6 is 0 Å². The van der Waals surface area contributed by atoms with Gasteiger partial charge in [-0.3, -0.25) is 0 Å². The molecule has 0 saturated carbocycles. The van der Waals surface area contributed by atoms with Gasteiger partial charge in [0.2, 0.25) is 0 Å². The van der Waals surface area contributed by atoms with Gasteiger partial charge < -0.3 is 10.6 Å². The Balaban J connectivity index is 2.67. The van der Waals surface area contributed by atoms with Gasteiger partial charge in [-0.25, -0.2) is 4.39 Å². The second kappa shape index (κ2) is 2.72. The average Bonchev–Trinajstić information content (AvgIpc) is 1.81. The smallest absolute Gasteiger partial charge is 0.128 e. The first-order chi connectivity index (χ1) is 4.93. The van der Waals surface area contributed by atoms with Gasteiger partial charge in [0.1, 0.15) is 6.17 Å². The molecule has 3 heteroatoms. The average molecular weight is 160 g/mol. The first-order valence-electron chi connectivity index (χ1n) is 4.02. The van der Waals surface area contributed by atoms with Crippen LogP contribution in [0.25, 0.3) is 0 Å². The number of nitrogens with two attached hydrogens (primary N) is 1. The van der Waals surface area contributed by atoms with E-state index in [1.54, 1.807) is 0 Å². The number of nitrogens with zero attached hydrogens (tertiary/aromatic N) is 1. The van der Waals surface area contributed by atoms with Crippen LogP contribution in [0.3, 0.4) is 0 Å². The summed E-state index contributed by atoms with van der Waals surface area (Å²) in [6, 6.07) is -0.307. The largest absolute Gasteiger partial charge is 0.325 e. The van der Waals surface area contributed by atoms with Gasteiger partial charge in [-0.2, -0.15) is 0 Å². The summed E-state index contributed by atoms with van der Waals surface area (Å²) in [7, 11) is 1.93. The van der Waals surface area contributed by atoms with E-state index in [4.69, 9.17) is 5.73 Å². The highest BCUT2D eigenvalue weighted by Crippen LogP contribution is 2.28. The maximum Gasteiger partial charge on any atom is 0.128 e. The highest BCUT2D eigenvalue weighted by molar-refractivity contribution is 4.94. The fourth-order valence-electron chi connectivity index (χ4n) is 1.77. The summed E-state index contributed by atoms with van der Waals surface area (Å²) >= 11 is 0. The van der Waals surface area contributed by atoms with Crippen molar-refractivity contribution in [3.63, 3.8) is 0 Å². The van der Waals surface area contributed by atoms with Gasteiger partial charge in [0.25, 0.3) is 0 Å². The zero-order chi connectivity index (χ0) is 8.65. The van der Waals surface area contributed by atoms with E-state index in [1.165, 1.54) is 0 Å². The van der Waals surface area contributed by atoms with Crippen molar-refractivity contribution in [2.24, 2.45) is 11.1 Å². The molecule has 2 atom stereocenters. The molecule has 1 heterocycles. The van der Waals surface area contributed by atoms with Crippen LogP contribution in [0.4, 0.5) is 4.39 Å². The van der Waals surface area contributed by atoms with Gasteiger partial charge in [-0.05, 0) is 12.5 Å². The van der Waals surface area contributed by atoms with Crippen LogP contribution in [-0.4, -0.2) is 37.3 Å². The van der Waals surface area contributed by atoms with Crippen LogP contribution in [0.2, 0.25) is 0 Å². The predicted molar refractivity (Wildman–Crippen MR) is 44.1 cm³/mol. The van der Waals surface area contributed by atoms with Crippen LogP contribution in [0.15, 0.2) is 0 Å². The molecule has 2 nitrogen and oxygen atoms in total. The molecule has 1 saturated heterocycles. The van der Waals surface area contributed by atoms with E-state index in [0.29, 0.717) is 6.54 Å². The molecule has 2 N–H and O–H groups in total. The maximum absolute atomic E-state index is 13.2. The van der Waals surface area contributed by atoms with Crippen LogP contribution in [0, 0.1) is 5.41 Å². The third-order valence-corrected chi connectivity index (χ3v) is 2.46. The predicted octanol–water partition coefficient (Wildman–Crippen LogP) is 0.623. The van der Waals surface area contributed by atoms with Crippen LogP contribution in [0.1, 0.15) is 13.8 Å². The summed E-state index contributed by atoms with van der Waals surface area (Å²) < 4.78 is 13.2. The van der Waals surface area contributed by atoms with Gasteiger partial charge in [-0.15, -0.1) is 0 Å². The van der Waals surface area contributed by atoms with Crippen molar-refractivity contribution in [3.8, 4) is 0 Å². The Labute approximate surface area is 67.6 Å². The van der Waals surface area contributed by atoms with E-state index in [0.717, 1.165) is 6.54 Å². The Bertz CT molecular complexity index is 147. The van der Waals surface area contributed by atoms with Gasteiger partial charge in [0.05, 0.1) is 0 Å². The zero-order valence-electron chi connectivity index (χ0n) is 7.47. The number of hydrogen-bond acceptors (Lipinski definition) is 2. The fraction of sp³-hybridized carbons (Fsp3) is 1.00. The first-order valence-corrected chi connectivity index (χ1v) is 4.02. The molecule has 1 aliphatic heterocycles. The number of piperidine rings is 1. The van der Waals surface area contributed by atoms with Crippen molar-refractivity contribution in [1.82, 2.24) is 4.90 Å². The normalized spacial score (nSPS) is 39.0. The third kappa shape index (κ3) is 1.71.